The van der Waals surface area contributed by atoms with Crippen LogP contribution in [-0.4, -0.2) is 24.8 Å². The molecule has 1 saturated heterocycles. The molecule has 3 nitrogen and oxygen atoms in total. The van der Waals surface area contributed by atoms with Gasteiger partial charge in [0.2, 0.25) is 0 Å². The predicted octanol–water partition coefficient (Wildman–Crippen LogP) is 2.06. The minimum absolute atomic E-state index is 0.0908. The van der Waals surface area contributed by atoms with Gasteiger partial charge in [0.1, 0.15) is 5.78 Å². The Labute approximate surface area is 90.4 Å². The predicted molar refractivity (Wildman–Crippen MR) is 56.4 cm³/mol. The molecule has 1 aliphatic carbocycles. The Bertz CT molecular complexity index is 264. The third kappa shape index (κ3) is 2.29. The summed E-state index contributed by atoms with van der Waals surface area (Å²) in [7, 11) is 0. The van der Waals surface area contributed by atoms with E-state index in [2.05, 4.69) is 6.08 Å². The van der Waals surface area contributed by atoms with Gasteiger partial charge in [-0.3, -0.25) is 4.79 Å². The number of ether oxygens (including phenoxy) is 2. The first-order valence-corrected chi connectivity index (χ1v) is 5.67. The van der Waals surface area contributed by atoms with Crippen molar-refractivity contribution < 1.29 is 14.3 Å². The molecule has 0 bridgehead atoms. The minimum atomic E-state index is -0.430. The highest BCUT2D eigenvalue weighted by Gasteiger charge is 2.44. The molecule has 1 unspecified atom stereocenters. The monoisotopic (exact) mass is 210 g/mol. The molecule has 1 aliphatic heterocycles. The molecule has 0 aromatic heterocycles. The van der Waals surface area contributed by atoms with Gasteiger partial charge in [-0.15, -0.1) is 0 Å². The maximum absolute atomic E-state index is 11.7. The van der Waals surface area contributed by atoms with E-state index in [0.29, 0.717) is 25.4 Å². The van der Waals surface area contributed by atoms with Crippen LogP contribution in [0.1, 0.15) is 32.6 Å². The zero-order chi connectivity index (χ0) is 10.7. The van der Waals surface area contributed by atoms with Gasteiger partial charge in [0.25, 0.3) is 0 Å². The summed E-state index contributed by atoms with van der Waals surface area (Å²) < 4.78 is 11.3. The Morgan fingerprint density at radius 2 is 2.20 bits per heavy atom. The molecule has 0 N–H and O–H groups in total. The quantitative estimate of drug-likeness (QED) is 0.654. The summed E-state index contributed by atoms with van der Waals surface area (Å²) in [6.07, 6.45) is 6.93. The van der Waals surface area contributed by atoms with Crippen molar-refractivity contribution in [3.8, 4) is 0 Å². The van der Waals surface area contributed by atoms with Gasteiger partial charge < -0.3 is 9.47 Å². The van der Waals surface area contributed by atoms with Crippen molar-refractivity contribution in [3.05, 3.63) is 12.2 Å². The van der Waals surface area contributed by atoms with Crippen LogP contribution >= 0.6 is 0 Å². The molecule has 1 spiro atoms. The SMILES string of the molecule is C/C=C/CC1CC2(CCC1=O)OCCO2. The largest absolute Gasteiger partial charge is 0.347 e. The van der Waals surface area contributed by atoms with Gasteiger partial charge in [0.15, 0.2) is 5.79 Å². The van der Waals surface area contributed by atoms with E-state index in [1.165, 1.54) is 0 Å². The molecule has 2 aliphatic rings. The van der Waals surface area contributed by atoms with Crippen molar-refractivity contribution in [1.29, 1.82) is 0 Å². The summed E-state index contributed by atoms with van der Waals surface area (Å²) in [6, 6.07) is 0. The Balaban J connectivity index is 2.00. The summed E-state index contributed by atoms with van der Waals surface area (Å²) in [4.78, 5) is 11.7. The molecule has 0 aromatic rings. The van der Waals surface area contributed by atoms with E-state index in [0.717, 1.165) is 19.3 Å². The molecule has 0 aromatic carbocycles. The van der Waals surface area contributed by atoms with Crippen LogP contribution in [0.15, 0.2) is 12.2 Å². The second kappa shape index (κ2) is 4.45. The van der Waals surface area contributed by atoms with E-state index in [-0.39, 0.29) is 5.92 Å². The smallest absolute Gasteiger partial charge is 0.169 e. The fraction of sp³-hybridized carbons (Fsp3) is 0.750. The number of hydrogen-bond donors (Lipinski definition) is 0. The van der Waals surface area contributed by atoms with Gasteiger partial charge in [0, 0.05) is 25.2 Å². The van der Waals surface area contributed by atoms with E-state index in [1.807, 2.05) is 13.0 Å². The molecule has 2 rings (SSSR count). The lowest BCUT2D eigenvalue weighted by molar-refractivity contribution is -0.188. The molecule has 0 amide bonds. The standard InChI is InChI=1S/C12H18O3/c1-2-3-4-10-9-12(6-5-11(10)13)14-7-8-15-12/h2-3,10H,4-9H2,1H3/b3-2+. The number of carbonyl (C=O) groups excluding carboxylic acids is 1. The molecular formula is C12H18O3. The van der Waals surface area contributed by atoms with Gasteiger partial charge in [-0.1, -0.05) is 12.2 Å². The van der Waals surface area contributed by atoms with Crippen LogP contribution < -0.4 is 0 Å². The van der Waals surface area contributed by atoms with Crippen molar-refractivity contribution in [2.75, 3.05) is 13.2 Å². The number of rotatable bonds is 2. The Morgan fingerprint density at radius 1 is 1.47 bits per heavy atom. The average molecular weight is 210 g/mol. The van der Waals surface area contributed by atoms with Crippen LogP contribution in [-0.2, 0) is 14.3 Å². The van der Waals surface area contributed by atoms with Crippen LogP contribution in [0, 0.1) is 5.92 Å². The van der Waals surface area contributed by atoms with Crippen LogP contribution in [0.25, 0.3) is 0 Å². The first kappa shape index (κ1) is 10.8. The Morgan fingerprint density at radius 3 is 2.87 bits per heavy atom. The first-order chi connectivity index (χ1) is 7.26. The van der Waals surface area contributed by atoms with Crippen molar-refractivity contribution in [3.63, 3.8) is 0 Å². The van der Waals surface area contributed by atoms with Crippen LogP contribution in [0.4, 0.5) is 0 Å². The molecule has 15 heavy (non-hydrogen) atoms. The molecule has 2 fully saturated rings. The second-order valence-electron chi connectivity index (χ2n) is 4.28. The molecule has 1 atom stereocenters. The van der Waals surface area contributed by atoms with Crippen molar-refractivity contribution >= 4 is 5.78 Å². The van der Waals surface area contributed by atoms with E-state index in [4.69, 9.17) is 9.47 Å². The summed E-state index contributed by atoms with van der Waals surface area (Å²) in [6.45, 7) is 3.32. The summed E-state index contributed by atoms with van der Waals surface area (Å²) >= 11 is 0. The molecule has 1 saturated carbocycles. The second-order valence-corrected chi connectivity index (χ2v) is 4.28. The highest BCUT2D eigenvalue weighted by atomic mass is 16.7. The maximum atomic E-state index is 11.7. The average Bonchev–Trinajstić information content (AvgIpc) is 2.69. The van der Waals surface area contributed by atoms with Crippen molar-refractivity contribution in [2.24, 2.45) is 5.92 Å². The van der Waals surface area contributed by atoms with Gasteiger partial charge in [-0.05, 0) is 13.3 Å². The number of allylic oxidation sites excluding steroid dienone is 2. The Kier molecular flexibility index (Phi) is 3.22. The molecule has 0 radical (unpaired) electrons. The highest BCUT2D eigenvalue weighted by molar-refractivity contribution is 5.82. The first-order valence-electron chi connectivity index (χ1n) is 5.67. The van der Waals surface area contributed by atoms with E-state index in [9.17, 15) is 4.79 Å². The third-order valence-electron chi connectivity index (χ3n) is 3.23. The maximum Gasteiger partial charge on any atom is 0.169 e. The highest BCUT2D eigenvalue weighted by Crippen LogP contribution is 2.38. The van der Waals surface area contributed by atoms with E-state index < -0.39 is 5.79 Å². The van der Waals surface area contributed by atoms with Gasteiger partial charge in [-0.2, -0.15) is 0 Å². The fourth-order valence-corrected chi connectivity index (χ4v) is 2.38. The lowest BCUT2D eigenvalue weighted by atomic mass is 9.81. The van der Waals surface area contributed by atoms with E-state index >= 15 is 0 Å². The minimum Gasteiger partial charge on any atom is -0.347 e. The number of hydrogen-bond acceptors (Lipinski definition) is 3. The number of Topliss-reactive ketones (excluding diaryl/α,β-unsaturated/α-hetero) is 1. The molecule has 1 heterocycles. The Hall–Kier alpha value is -0.670. The third-order valence-corrected chi connectivity index (χ3v) is 3.23. The van der Waals surface area contributed by atoms with Crippen LogP contribution in [0.3, 0.4) is 0 Å². The fourth-order valence-electron chi connectivity index (χ4n) is 2.38. The van der Waals surface area contributed by atoms with Gasteiger partial charge >= 0.3 is 0 Å². The summed E-state index contributed by atoms with van der Waals surface area (Å²) in [5, 5.41) is 0. The van der Waals surface area contributed by atoms with Crippen LogP contribution in [0.5, 0.6) is 0 Å². The van der Waals surface area contributed by atoms with Crippen molar-refractivity contribution in [2.45, 2.75) is 38.4 Å². The lowest BCUT2D eigenvalue weighted by Crippen LogP contribution is -2.40. The number of ketones is 1. The molecule has 3 heteroatoms. The lowest BCUT2D eigenvalue weighted by Gasteiger charge is -2.34. The van der Waals surface area contributed by atoms with Crippen LogP contribution in [0.2, 0.25) is 0 Å². The zero-order valence-corrected chi connectivity index (χ0v) is 9.20. The van der Waals surface area contributed by atoms with Gasteiger partial charge in [-0.25, -0.2) is 0 Å². The van der Waals surface area contributed by atoms with Crippen molar-refractivity contribution in [1.82, 2.24) is 0 Å². The molecular weight excluding hydrogens is 192 g/mol. The summed E-state index contributed by atoms with van der Waals surface area (Å²) in [5.74, 6) is 0.0195. The topological polar surface area (TPSA) is 35.5 Å². The molecule has 84 valence electrons. The number of carbonyl (C=O) groups is 1. The van der Waals surface area contributed by atoms with E-state index in [1.54, 1.807) is 0 Å². The van der Waals surface area contributed by atoms with Gasteiger partial charge in [0.05, 0.1) is 13.2 Å². The normalized spacial score (nSPS) is 30.5. The summed E-state index contributed by atoms with van der Waals surface area (Å²) in [5.41, 5.74) is 0. The zero-order valence-electron chi connectivity index (χ0n) is 9.20.